The average molecular weight is 468 g/mol. The van der Waals surface area contributed by atoms with Crippen LogP contribution in [0.3, 0.4) is 0 Å². The van der Waals surface area contributed by atoms with Gasteiger partial charge in [0.1, 0.15) is 11.5 Å². The van der Waals surface area contributed by atoms with Gasteiger partial charge in [-0.1, -0.05) is 12.1 Å². The van der Waals surface area contributed by atoms with Crippen LogP contribution in [0.2, 0.25) is 0 Å². The van der Waals surface area contributed by atoms with Gasteiger partial charge in [0.05, 0.1) is 38.5 Å². The van der Waals surface area contributed by atoms with E-state index in [1.165, 1.54) is 7.11 Å². The van der Waals surface area contributed by atoms with Gasteiger partial charge in [0.2, 0.25) is 0 Å². The smallest absolute Gasteiger partial charge is 0.337 e. The number of anilines is 1. The molecule has 2 fully saturated rings. The molecule has 182 valence electrons. The summed E-state index contributed by atoms with van der Waals surface area (Å²) in [7, 11) is 3.02. The van der Waals surface area contributed by atoms with E-state index in [1.54, 1.807) is 25.3 Å². The second-order valence-electron chi connectivity index (χ2n) is 9.23. The molecule has 0 amide bonds. The lowest BCUT2D eigenvalue weighted by molar-refractivity contribution is -0.141. The molecular formula is C27H33NO6. The molecule has 2 aromatic rings. The molecule has 7 heteroatoms. The number of ether oxygens (including phenoxy) is 3. The number of carbonyl (C=O) groups excluding carboxylic acids is 1. The Morgan fingerprint density at radius 3 is 2.44 bits per heavy atom. The van der Waals surface area contributed by atoms with Crippen molar-refractivity contribution in [2.45, 2.75) is 38.0 Å². The summed E-state index contributed by atoms with van der Waals surface area (Å²) in [6, 6.07) is 13.2. The highest BCUT2D eigenvalue weighted by atomic mass is 16.5. The zero-order valence-corrected chi connectivity index (χ0v) is 19.9. The Kier molecular flexibility index (Phi) is 7.60. The third kappa shape index (κ3) is 5.82. The number of esters is 1. The number of nitrogens with zero attached hydrogens (tertiary/aromatic N) is 1. The zero-order chi connectivity index (χ0) is 24.1. The molecule has 1 unspecified atom stereocenters. The molecule has 1 heterocycles. The minimum absolute atomic E-state index is 0.169. The lowest BCUT2D eigenvalue weighted by Crippen LogP contribution is -2.36. The molecule has 1 saturated heterocycles. The van der Waals surface area contributed by atoms with Crippen molar-refractivity contribution < 1.29 is 28.9 Å². The number of methoxy groups -OCH3 is 2. The summed E-state index contributed by atoms with van der Waals surface area (Å²) in [5.74, 6) is 1.51. The van der Waals surface area contributed by atoms with Crippen molar-refractivity contribution in [2.24, 2.45) is 11.8 Å². The number of hydrogen-bond donors (Lipinski definition) is 1. The maximum atomic E-state index is 11.9. The molecule has 0 radical (unpaired) electrons. The van der Waals surface area contributed by atoms with Crippen LogP contribution in [0.1, 0.15) is 53.9 Å². The van der Waals surface area contributed by atoms with Crippen molar-refractivity contribution in [1.29, 1.82) is 0 Å². The summed E-state index contributed by atoms with van der Waals surface area (Å²) in [5.41, 5.74) is 2.14. The monoisotopic (exact) mass is 467 g/mol. The SMILES string of the molecule is COC(=O)CC(c1cccc(OCC2CCN(c3cc(OC)ccc3C(=O)O)CC2)c1)C1CC1. The van der Waals surface area contributed by atoms with Crippen LogP contribution in [0, 0.1) is 11.8 Å². The molecule has 7 nitrogen and oxygen atoms in total. The first-order valence-corrected chi connectivity index (χ1v) is 11.9. The Bertz CT molecular complexity index is 1010. The molecular weight excluding hydrogens is 434 g/mol. The second kappa shape index (κ2) is 10.8. The van der Waals surface area contributed by atoms with E-state index in [0.29, 0.717) is 41.9 Å². The van der Waals surface area contributed by atoms with Gasteiger partial charge in [-0.05, 0) is 73.3 Å². The van der Waals surface area contributed by atoms with Crippen LogP contribution < -0.4 is 14.4 Å². The quantitative estimate of drug-likeness (QED) is 0.505. The van der Waals surface area contributed by atoms with Crippen molar-refractivity contribution >= 4 is 17.6 Å². The van der Waals surface area contributed by atoms with Gasteiger partial charge in [-0.2, -0.15) is 0 Å². The molecule has 2 aliphatic rings. The van der Waals surface area contributed by atoms with Gasteiger partial charge in [-0.3, -0.25) is 4.79 Å². The molecule has 1 aliphatic heterocycles. The standard InChI is InChI=1S/C27H33NO6/c1-32-21-8-9-23(27(30)31)25(15-21)28-12-10-18(11-13-28)17-34-22-5-3-4-20(14-22)24(19-6-7-19)16-26(29)33-2/h3-5,8-9,14-15,18-19,24H,6-7,10-13,16-17H2,1-2H3,(H,30,31). The van der Waals surface area contributed by atoms with Gasteiger partial charge < -0.3 is 24.2 Å². The Morgan fingerprint density at radius 1 is 1.03 bits per heavy atom. The highest BCUT2D eigenvalue weighted by Gasteiger charge is 2.34. The van der Waals surface area contributed by atoms with Gasteiger partial charge in [0.15, 0.2) is 0 Å². The Hall–Kier alpha value is -3.22. The van der Waals surface area contributed by atoms with Crippen LogP contribution in [-0.4, -0.2) is 51.0 Å². The molecule has 34 heavy (non-hydrogen) atoms. The van der Waals surface area contributed by atoms with E-state index in [1.807, 2.05) is 12.1 Å². The Labute approximate surface area is 200 Å². The summed E-state index contributed by atoms with van der Waals surface area (Å²) in [6.45, 7) is 2.15. The number of carboxylic acids is 1. The van der Waals surface area contributed by atoms with Gasteiger partial charge in [0.25, 0.3) is 0 Å². The molecule has 1 N–H and O–H groups in total. The van der Waals surface area contributed by atoms with Crippen LogP contribution in [-0.2, 0) is 9.53 Å². The van der Waals surface area contributed by atoms with E-state index in [0.717, 1.165) is 50.1 Å². The number of rotatable bonds is 10. The first-order valence-electron chi connectivity index (χ1n) is 11.9. The number of benzene rings is 2. The van der Waals surface area contributed by atoms with E-state index >= 15 is 0 Å². The molecule has 0 aromatic heterocycles. The molecule has 0 bridgehead atoms. The average Bonchev–Trinajstić information content (AvgIpc) is 3.71. The normalized spacial score (nSPS) is 17.2. The zero-order valence-electron chi connectivity index (χ0n) is 19.9. The van der Waals surface area contributed by atoms with Crippen LogP contribution in [0.5, 0.6) is 11.5 Å². The maximum absolute atomic E-state index is 11.9. The molecule has 1 saturated carbocycles. The van der Waals surface area contributed by atoms with Crippen molar-refractivity contribution in [3.8, 4) is 11.5 Å². The van der Waals surface area contributed by atoms with Crippen LogP contribution in [0.15, 0.2) is 42.5 Å². The van der Waals surface area contributed by atoms with Crippen molar-refractivity contribution in [3.05, 3.63) is 53.6 Å². The number of carboxylic acid groups (broad SMARTS) is 1. The largest absolute Gasteiger partial charge is 0.497 e. The minimum atomic E-state index is -0.931. The van der Waals surface area contributed by atoms with Gasteiger partial charge in [-0.25, -0.2) is 4.79 Å². The second-order valence-corrected chi connectivity index (χ2v) is 9.23. The van der Waals surface area contributed by atoms with E-state index in [9.17, 15) is 14.7 Å². The van der Waals surface area contributed by atoms with Crippen molar-refractivity contribution in [2.75, 3.05) is 38.8 Å². The fraction of sp³-hybridized carbons (Fsp3) is 0.481. The van der Waals surface area contributed by atoms with Gasteiger partial charge in [-0.15, -0.1) is 0 Å². The predicted octanol–water partition coefficient (Wildman–Crippen LogP) is 4.75. The summed E-state index contributed by atoms with van der Waals surface area (Å²) in [5, 5.41) is 9.57. The Morgan fingerprint density at radius 2 is 1.79 bits per heavy atom. The topological polar surface area (TPSA) is 85.3 Å². The van der Waals surface area contributed by atoms with E-state index in [4.69, 9.17) is 14.2 Å². The van der Waals surface area contributed by atoms with Crippen molar-refractivity contribution in [1.82, 2.24) is 0 Å². The Balaban J connectivity index is 1.34. The number of piperidine rings is 1. The maximum Gasteiger partial charge on any atom is 0.337 e. The summed E-state index contributed by atoms with van der Waals surface area (Å²) >= 11 is 0. The fourth-order valence-electron chi connectivity index (χ4n) is 4.79. The lowest BCUT2D eigenvalue weighted by atomic mass is 9.91. The summed E-state index contributed by atoms with van der Waals surface area (Å²) in [4.78, 5) is 25.7. The highest BCUT2D eigenvalue weighted by molar-refractivity contribution is 5.95. The van der Waals surface area contributed by atoms with Crippen LogP contribution in [0.25, 0.3) is 0 Å². The fourth-order valence-corrected chi connectivity index (χ4v) is 4.79. The third-order valence-electron chi connectivity index (χ3n) is 6.97. The van der Waals surface area contributed by atoms with Crippen LogP contribution in [0.4, 0.5) is 5.69 Å². The predicted molar refractivity (Wildman–Crippen MR) is 129 cm³/mol. The summed E-state index contributed by atoms with van der Waals surface area (Å²) in [6.07, 6.45) is 4.56. The molecule has 4 rings (SSSR count). The first-order chi connectivity index (χ1) is 16.5. The first kappa shape index (κ1) is 23.9. The van der Waals surface area contributed by atoms with Crippen molar-refractivity contribution in [3.63, 3.8) is 0 Å². The number of hydrogen-bond acceptors (Lipinski definition) is 6. The van der Waals surface area contributed by atoms with Crippen LogP contribution >= 0.6 is 0 Å². The van der Waals surface area contributed by atoms with E-state index < -0.39 is 5.97 Å². The molecule has 2 aromatic carbocycles. The van der Waals surface area contributed by atoms with Gasteiger partial charge in [0, 0.05) is 19.2 Å². The lowest BCUT2D eigenvalue weighted by Gasteiger charge is -2.34. The number of carbonyl (C=O) groups is 2. The minimum Gasteiger partial charge on any atom is -0.497 e. The molecule has 1 aliphatic carbocycles. The third-order valence-corrected chi connectivity index (χ3v) is 6.97. The molecule has 1 atom stereocenters. The summed E-state index contributed by atoms with van der Waals surface area (Å²) < 4.78 is 16.4. The van der Waals surface area contributed by atoms with Gasteiger partial charge >= 0.3 is 11.9 Å². The van der Waals surface area contributed by atoms with E-state index in [2.05, 4.69) is 17.0 Å². The van der Waals surface area contributed by atoms with E-state index in [-0.39, 0.29) is 11.9 Å². The highest BCUT2D eigenvalue weighted by Crippen LogP contribution is 2.45. The number of aromatic carboxylic acids is 1. The molecule has 0 spiro atoms.